The Balaban J connectivity index is 1.77. The standard InChI is InChI=1S/C36H41N3O5S/c1-4-23-37-36(41)34(25-29-14-8-6-9-15-29)38(26-30-16-12-13-28(3)24-30)35(40)27-39(31-17-10-7-11-18-31)45(42,43)33-21-19-32(20-22-33)44-5-2/h6-22,24,34H,4-5,23,25-27H2,1-3H3,(H,37,41). The van der Waals surface area contributed by atoms with Gasteiger partial charge in [0.15, 0.2) is 0 Å². The van der Waals surface area contributed by atoms with Crippen LogP contribution < -0.4 is 14.4 Å². The van der Waals surface area contributed by atoms with Crippen molar-refractivity contribution in [3.63, 3.8) is 0 Å². The zero-order valence-corrected chi connectivity index (χ0v) is 26.9. The van der Waals surface area contributed by atoms with Crippen LogP contribution in [-0.2, 0) is 32.6 Å². The molecule has 0 radical (unpaired) electrons. The van der Waals surface area contributed by atoms with E-state index in [4.69, 9.17) is 4.74 Å². The summed E-state index contributed by atoms with van der Waals surface area (Å²) < 4.78 is 34.9. The lowest BCUT2D eigenvalue weighted by molar-refractivity contribution is -0.140. The maximum atomic E-state index is 14.5. The van der Waals surface area contributed by atoms with Crippen molar-refractivity contribution in [2.24, 2.45) is 0 Å². The fourth-order valence-corrected chi connectivity index (χ4v) is 6.47. The molecule has 9 heteroatoms. The Morgan fingerprint density at radius 3 is 2.09 bits per heavy atom. The molecule has 0 spiro atoms. The predicted octanol–water partition coefficient (Wildman–Crippen LogP) is 5.76. The van der Waals surface area contributed by atoms with Crippen LogP contribution >= 0.6 is 0 Å². The summed E-state index contributed by atoms with van der Waals surface area (Å²) in [5, 5.41) is 2.97. The van der Waals surface area contributed by atoms with E-state index in [9.17, 15) is 18.0 Å². The van der Waals surface area contributed by atoms with Gasteiger partial charge in [-0.3, -0.25) is 13.9 Å². The van der Waals surface area contributed by atoms with E-state index in [1.165, 1.54) is 17.0 Å². The van der Waals surface area contributed by atoms with Gasteiger partial charge >= 0.3 is 0 Å². The highest BCUT2D eigenvalue weighted by Gasteiger charge is 2.34. The first-order chi connectivity index (χ1) is 21.7. The van der Waals surface area contributed by atoms with Crippen molar-refractivity contribution in [3.8, 4) is 5.75 Å². The lowest BCUT2D eigenvalue weighted by atomic mass is 10.0. The van der Waals surface area contributed by atoms with Gasteiger partial charge in [-0.25, -0.2) is 8.42 Å². The van der Waals surface area contributed by atoms with Gasteiger partial charge in [-0.1, -0.05) is 85.3 Å². The summed E-state index contributed by atoms with van der Waals surface area (Å²) in [4.78, 5) is 29.7. The lowest BCUT2D eigenvalue weighted by Gasteiger charge is -2.34. The van der Waals surface area contributed by atoms with E-state index >= 15 is 0 Å². The number of aryl methyl sites for hydroxylation is 1. The Morgan fingerprint density at radius 2 is 1.47 bits per heavy atom. The quantitative estimate of drug-likeness (QED) is 0.181. The third-order valence-electron chi connectivity index (χ3n) is 7.30. The predicted molar refractivity (Wildman–Crippen MR) is 178 cm³/mol. The minimum atomic E-state index is -4.18. The first-order valence-corrected chi connectivity index (χ1v) is 16.6. The van der Waals surface area contributed by atoms with Gasteiger partial charge in [-0.15, -0.1) is 0 Å². The molecule has 2 amide bonds. The van der Waals surface area contributed by atoms with Crippen molar-refractivity contribution in [3.05, 3.63) is 126 Å². The lowest BCUT2D eigenvalue weighted by Crippen LogP contribution is -2.53. The van der Waals surface area contributed by atoms with Gasteiger partial charge < -0.3 is 15.0 Å². The molecule has 0 aliphatic heterocycles. The van der Waals surface area contributed by atoms with Gasteiger partial charge in [0.25, 0.3) is 10.0 Å². The molecule has 0 saturated heterocycles. The molecule has 4 aromatic rings. The number of hydrogen-bond acceptors (Lipinski definition) is 5. The average molecular weight is 628 g/mol. The van der Waals surface area contributed by atoms with E-state index in [-0.39, 0.29) is 23.8 Å². The fraction of sp³-hybridized carbons (Fsp3) is 0.278. The molecule has 0 heterocycles. The average Bonchev–Trinajstić information content (AvgIpc) is 3.05. The molecule has 4 aromatic carbocycles. The zero-order chi connectivity index (χ0) is 32.2. The van der Waals surface area contributed by atoms with E-state index in [1.54, 1.807) is 42.5 Å². The number of nitrogens with one attached hydrogen (secondary N) is 1. The minimum Gasteiger partial charge on any atom is -0.494 e. The SMILES string of the molecule is CCCNC(=O)C(Cc1ccccc1)N(Cc1cccc(C)c1)C(=O)CN(c1ccccc1)S(=O)(=O)c1ccc(OCC)cc1. The molecule has 0 saturated carbocycles. The molecular formula is C36H41N3O5S. The molecule has 1 unspecified atom stereocenters. The highest BCUT2D eigenvalue weighted by atomic mass is 32.2. The highest BCUT2D eigenvalue weighted by Crippen LogP contribution is 2.26. The molecule has 0 aliphatic carbocycles. The Bertz CT molecular complexity index is 1650. The molecule has 45 heavy (non-hydrogen) atoms. The van der Waals surface area contributed by atoms with E-state index in [0.717, 1.165) is 27.4 Å². The number of carbonyl (C=O) groups excluding carboxylic acids is 2. The smallest absolute Gasteiger partial charge is 0.264 e. The van der Waals surface area contributed by atoms with Crippen LogP contribution in [0.25, 0.3) is 0 Å². The molecule has 1 N–H and O–H groups in total. The Morgan fingerprint density at radius 1 is 0.822 bits per heavy atom. The molecular weight excluding hydrogens is 586 g/mol. The number of carbonyl (C=O) groups is 2. The second-order valence-electron chi connectivity index (χ2n) is 10.8. The van der Waals surface area contributed by atoms with Crippen LogP contribution in [0.15, 0.2) is 114 Å². The molecule has 0 aromatic heterocycles. The van der Waals surface area contributed by atoms with Gasteiger partial charge in [0, 0.05) is 19.5 Å². The van der Waals surface area contributed by atoms with Gasteiger partial charge in [-0.05, 0) is 67.8 Å². The van der Waals surface area contributed by atoms with Crippen molar-refractivity contribution < 1.29 is 22.7 Å². The zero-order valence-electron chi connectivity index (χ0n) is 26.1. The molecule has 236 valence electrons. The van der Waals surface area contributed by atoms with Crippen LogP contribution in [0, 0.1) is 6.92 Å². The van der Waals surface area contributed by atoms with E-state index < -0.39 is 28.5 Å². The van der Waals surface area contributed by atoms with Crippen LogP contribution in [0.3, 0.4) is 0 Å². The largest absolute Gasteiger partial charge is 0.494 e. The molecule has 0 aliphatic rings. The van der Waals surface area contributed by atoms with Crippen molar-refractivity contribution in [2.75, 3.05) is 24.0 Å². The Hall–Kier alpha value is -4.63. The third kappa shape index (κ3) is 8.95. The van der Waals surface area contributed by atoms with Crippen LogP contribution in [0.4, 0.5) is 5.69 Å². The topological polar surface area (TPSA) is 96.0 Å². The number of amides is 2. The van der Waals surface area contributed by atoms with E-state index in [1.807, 2.05) is 75.4 Å². The van der Waals surface area contributed by atoms with E-state index in [2.05, 4.69) is 5.32 Å². The van der Waals surface area contributed by atoms with Gasteiger partial charge in [0.1, 0.15) is 18.3 Å². The van der Waals surface area contributed by atoms with Crippen molar-refractivity contribution >= 4 is 27.5 Å². The molecule has 8 nitrogen and oxygen atoms in total. The van der Waals surface area contributed by atoms with E-state index in [0.29, 0.717) is 24.6 Å². The summed E-state index contributed by atoms with van der Waals surface area (Å²) in [6.45, 7) is 6.31. The summed E-state index contributed by atoms with van der Waals surface area (Å²) in [5.41, 5.74) is 3.08. The summed E-state index contributed by atoms with van der Waals surface area (Å²) in [6.07, 6.45) is 1.00. The second kappa shape index (κ2) is 15.9. The summed E-state index contributed by atoms with van der Waals surface area (Å²) in [5.74, 6) is -0.241. The summed E-state index contributed by atoms with van der Waals surface area (Å²) in [6, 6.07) is 31.1. The van der Waals surface area contributed by atoms with Crippen molar-refractivity contribution in [2.45, 2.75) is 51.1 Å². The minimum absolute atomic E-state index is 0.0226. The fourth-order valence-electron chi connectivity index (χ4n) is 5.05. The Labute approximate surface area is 266 Å². The highest BCUT2D eigenvalue weighted by molar-refractivity contribution is 7.92. The van der Waals surface area contributed by atoms with Crippen LogP contribution in [0.1, 0.15) is 37.0 Å². The number of rotatable bonds is 15. The number of ether oxygens (including phenoxy) is 1. The Kier molecular flexibility index (Phi) is 11.8. The normalized spacial score (nSPS) is 11.8. The van der Waals surface area contributed by atoms with Gasteiger partial charge in [0.05, 0.1) is 17.2 Å². The van der Waals surface area contributed by atoms with Crippen LogP contribution in [0.2, 0.25) is 0 Å². The summed E-state index contributed by atoms with van der Waals surface area (Å²) >= 11 is 0. The molecule has 4 rings (SSSR count). The van der Waals surface area contributed by atoms with Gasteiger partial charge in [-0.2, -0.15) is 0 Å². The maximum Gasteiger partial charge on any atom is 0.264 e. The van der Waals surface area contributed by atoms with Crippen molar-refractivity contribution in [1.82, 2.24) is 10.2 Å². The number of sulfonamides is 1. The molecule has 0 fully saturated rings. The number of para-hydroxylation sites is 1. The number of nitrogens with zero attached hydrogens (tertiary/aromatic N) is 2. The number of benzene rings is 4. The van der Waals surface area contributed by atoms with Gasteiger partial charge in [0.2, 0.25) is 11.8 Å². The monoisotopic (exact) mass is 627 g/mol. The second-order valence-corrected chi connectivity index (χ2v) is 12.6. The van der Waals surface area contributed by atoms with Crippen LogP contribution in [-0.4, -0.2) is 50.9 Å². The molecule has 0 bridgehead atoms. The first-order valence-electron chi connectivity index (χ1n) is 15.2. The molecule has 1 atom stereocenters. The number of hydrogen-bond donors (Lipinski definition) is 1. The van der Waals surface area contributed by atoms with Crippen molar-refractivity contribution in [1.29, 1.82) is 0 Å². The third-order valence-corrected chi connectivity index (χ3v) is 9.09. The van der Waals surface area contributed by atoms with Crippen LogP contribution in [0.5, 0.6) is 5.75 Å². The first kappa shape index (κ1) is 33.3. The maximum absolute atomic E-state index is 14.5. The number of anilines is 1. The summed E-state index contributed by atoms with van der Waals surface area (Å²) in [7, 11) is -4.18.